The number of nitrogens with zero attached hydrogens (tertiary/aromatic N) is 1. The number of rotatable bonds is 5. The van der Waals surface area contributed by atoms with Crippen molar-refractivity contribution in [2.24, 2.45) is 5.92 Å². The van der Waals surface area contributed by atoms with Gasteiger partial charge in [0.2, 0.25) is 0 Å². The van der Waals surface area contributed by atoms with Crippen molar-refractivity contribution in [2.75, 3.05) is 0 Å². The molecule has 0 aromatic carbocycles. The molecule has 2 N–H and O–H groups in total. The zero-order chi connectivity index (χ0) is 13.7. The summed E-state index contributed by atoms with van der Waals surface area (Å²) in [5, 5.41) is 12.3. The molecule has 0 bridgehead atoms. The fraction of sp³-hybridized carbons (Fsp3) is 0.600. The van der Waals surface area contributed by atoms with Gasteiger partial charge in [0.15, 0.2) is 0 Å². The van der Waals surface area contributed by atoms with E-state index in [-0.39, 0.29) is 5.56 Å². The first-order chi connectivity index (χ1) is 9.19. The van der Waals surface area contributed by atoms with Crippen LogP contribution in [0.5, 0.6) is 0 Å². The van der Waals surface area contributed by atoms with E-state index in [1.54, 1.807) is 12.1 Å². The fourth-order valence-corrected chi connectivity index (χ4v) is 2.68. The number of hydrogen-bond donors (Lipinski definition) is 2. The number of aromatic carboxylic acids is 1. The molecule has 0 aliphatic heterocycles. The first kappa shape index (κ1) is 14.0. The Hall–Kier alpha value is -1.42. The summed E-state index contributed by atoms with van der Waals surface area (Å²) < 4.78 is 0. The summed E-state index contributed by atoms with van der Waals surface area (Å²) in [4.78, 5) is 14.9. The molecule has 0 spiro atoms. The minimum Gasteiger partial charge on any atom is -0.478 e. The average molecular weight is 262 g/mol. The van der Waals surface area contributed by atoms with E-state index in [0.29, 0.717) is 6.04 Å². The number of carboxylic acids is 1. The monoisotopic (exact) mass is 262 g/mol. The predicted molar refractivity (Wildman–Crippen MR) is 74.1 cm³/mol. The van der Waals surface area contributed by atoms with Crippen molar-refractivity contribution in [3.05, 3.63) is 29.6 Å². The number of carbonyl (C=O) groups is 1. The van der Waals surface area contributed by atoms with E-state index < -0.39 is 5.97 Å². The van der Waals surface area contributed by atoms with Gasteiger partial charge in [-0.3, -0.25) is 4.98 Å². The number of pyridine rings is 1. The lowest BCUT2D eigenvalue weighted by atomic mass is 9.84. The van der Waals surface area contributed by atoms with Gasteiger partial charge in [0.25, 0.3) is 0 Å². The van der Waals surface area contributed by atoms with Crippen molar-refractivity contribution in [3.63, 3.8) is 0 Å². The number of nitrogens with one attached hydrogen (secondary N) is 1. The molecule has 104 valence electrons. The standard InChI is InChI=1S/C15H22N2O2/c1-2-11-3-6-13(7-4-11)17-10-14-8-5-12(9-16-14)15(18)19/h5,8-9,11,13,17H,2-4,6-7,10H2,1H3,(H,18,19). The Bertz CT molecular complexity index is 409. The van der Waals surface area contributed by atoms with E-state index in [4.69, 9.17) is 5.11 Å². The van der Waals surface area contributed by atoms with Gasteiger partial charge < -0.3 is 10.4 Å². The molecule has 0 atom stereocenters. The molecule has 0 saturated heterocycles. The molecule has 1 aromatic rings. The molecular weight excluding hydrogens is 240 g/mol. The van der Waals surface area contributed by atoms with Crippen molar-refractivity contribution < 1.29 is 9.90 Å². The van der Waals surface area contributed by atoms with Crippen molar-refractivity contribution in [1.29, 1.82) is 0 Å². The number of hydrogen-bond acceptors (Lipinski definition) is 3. The van der Waals surface area contributed by atoms with Gasteiger partial charge >= 0.3 is 5.97 Å². The van der Waals surface area contributed by atoms with Crippen LogP contribution in [0, 0.1) is 5.92 Å². The molecule has 1 fully saturated rings. The third-order valence-corrected chi connectivity index (χ3v) is 4.07. The summed E-state index contributed by atoms with van der Waals surface area (Å²) in [5.41, 5.74) is 1.15. The summed E-state index contributed by atoms with van der Waals surface area (Å²) in [5.74, 6) is -0.0177. The van der Waals surface area contributed by atoms with Crippen LogP contribution in [0.4, 0.5) is 0 Å². The zero-order valence-corrected chi connectivity index (χ0v) is 11.4. The van der Waals surface area contributed by atoms with Crippen LogP contribution in [0.2, 0.25) is 0 Å². The largest absolute Gasteiger partial charge is 0.478 e. The van der Waals surface area contributed by atoms with Crippen molar-refractivity contribution in [1.82, 2.24) is 10.3 Å². The molecule has 1 saturated carbocycles. The van der Waals surface area contributed by atoms with Crippen molar-refractivity contribution in [3.8, 4) is 0 Å². The average Bonchev–Trinajstić information content (AvgIpc) is 2.46. The Morgan fingerprint density at radius 3 is 2.63 bits per heavy atom. The van der Waals surface area contributed by atoms with Crippen LogP contribution in [0.3, 0.4) is 0 Å². The van der Waals surface area contributed by atoms with Gasteiger partial charge in [-0.05, 0) is 43.7 Å². The highest BCUT2D eigenvalue weighted by atomic mass is 16.4. The van der Waals surface area contributed by atoms with Gasteiger partial charge in [-0.2, -0.15) is 0 Å². The minimum absolute atomic E-state index is 0.243. The maximum Gasteiger partial charge on any atom is 0.337 e. The van der Waals surface area contributed by atoms with Crippen LogP contribution in [0.1, 0.15) is 55.1 Å². The Morgan fingerprint density at radius 1 is 1.37 bits per heavy atom. The summed E-state index contributed by atoms with van der Waals surface area (Å²) in [6.07, 6.45) is 7.84. The second kappa shape index (κ2) is 6.66. The van der Waals surface area contributed by atoms with E-state index in [0.717, 1.165) is 18.2 Å². The first-order valence-corrected chi connectivity index (χ1v) is 7.10. The van der Waals surface area contributed by atoms with Gasteiger partial charge in [-0.15, -0.1) is 0 Å². The molecule has 1 aliphatic carbocycles. The lowest BCUT2D eigenvalue weighted by Crippen LogP contribution is -2.32. The second-order valence-electron chi connectivity index (χ2n) is 5.35. The van der Waals surface area contributed by atoms with E-state index in [9.17, 15) is 4.79 Å². The van der Waals surface area contributed by atoms with Crippen LogP contribution in [0.25, 0.3) is 0 Å². The van der Waals surface area contributed by atoms with Gasteiger partial charge in [0.1, 0.15) is 0 Å². The molecule has 1 heterocycles. The number of aromatic nitrogens is 1. The molecule has 0 radical (unpaired) electrons. The van der Waals surface area contributed by atoms with E-state index in [1.807, 2.05) is 0 Å². The highest BCUT2D eigenvalue weighted by Gasteiger charge is 2.19. The van der Waals surface area contributed by atoms with Gasteiger partial charge in [0.05, 0.1) is 11.3 Å². The molecular formula is C15H22N2O2. The van der Waals surface area contributed by atoms with E-state index in [2.05, 4.69) is 17.2 Å². The van der Waals surface area contributed by atoms with Crippen molar-refractivity contribution >= 4 is 5.97 Å². The number of carboxylic acid groups (broad SMARTS) is 1. The van der Waals surface area contributed by atoms with Crippen molar-refractivity contribution in [2.45, 2.75) is 51.6 Å². The van der Waals surface area contributed by atoms with Crippen LogP contribution in [-0.2, 0) is 6.54 Å². The molecule has 1 aliphatic rings. The van der Waals surface area contributed by atoms with E-state index in [1.165, 1.54) is 38.3 Å². The Kier molecular flexibility index (Phi) is 4.91. The minimum atomic E-state index is -0.926. The summed E-state index contributed by atoms with van der Waals surface area (Å²) in [6, 6.07) is 3.98. The van der Waals surface area contributed by atoms with Gasteiger partial charge in [-0.25, -0.2) is 4.79 Å². The Balaban J connectivity index is 1.78. The summed E-state index contributed by atoms with van der Waals surface area (Å²) in [6.45, 7) is 2.99. The molecule has 1 aromatic heterocycles. The van der Waals surface area contributed by atoms with E-state index >= 15 is 0 Å². The quantitative estimate of drug-likeness (QED) is 0.856. The topological polar surface area (TPSA) is 62.2 Å². The SMILES string of the molecule is CCC1CCC(NCc2ccc(C(=O)O)cn2)CC1. The molecule has 2 rings (SSSR count). The van der Waals surface area contributed by atoms with Crippen LogP contribution in [0.15, 0.2) is 18.3 Å². The lowest BCUT2D eigenvalue weighted by molar-refractivity contribution is 0.0696. The molecule has 4 heteroatoms. The maximum absolute atomic E-state index is 10.7. The van der Waals surface area contributed by atoms with Crippen LogP contribution < -0.4 is 5.32 Å². The third kappa shape index (κ3) is 4.03. The zero-order valence-electron chi connectivity index (χ0n) is 11.4. The molecule has 0 amide bonds. The van der Waals surface area contributed by atoms with Crippen LogP contribution in [-0.4, -0.2) is 22.1 Å². The fourth-order valence-electron chi connectivity index (χ4n) is 2.68. The highest BCUT2D eigenvalue weighted by Crippen LogP contribution is 2.26. The lowest BCUT2D eigenvalue weighted by Gasteiger charge is -2.28. The molecule has 4 nitrogen and oxygen atoms in total. The normalized spacial score (nSPS) is 23.2. The Labute approximate surface area is 114 Å². The molecule has 0 unspecified atom stereocenters. The van der Waals surface area contributed by atoms with Gasteiger partial charge in [-0.1, -0.05) is 13.3 Å². The first-order valence-electron chi connectivity index (χ1n) is 7.10. The highest BCUT2D eigenvalue weighted by molar-refractivity contribution is 5.87. The molecule has 19 heavy (non-hydrogen) atoms. The maximum atomic E-state index is 10.7. The van der Waals surface area contributed by atoms with Gasteiger partial charge in [0, 0.05) is 18.8 Å². The summed E-state index contributed by atoms with van der Waals surface area (Å²) >= 11 is 0. The summed E-state index contributed by atoms with van der Waals surface area (Å²) in [7, 11) is 0. The van der Waals surface area contributed by atoms with Crippen LogP contribution >= 0.6 is 0 Å². The predicted octanol–water partition coefficient (Wildman–Crippen LogP) is 2.84. The smallest absolute Gasteiger partial charge is 0.337 e. The second-order valence-corrected chi connectivity index (χ2v) is 5.35. The Morgan fingerprint density at radius 2 is 2.11 bits per heavy atom. The third-order valence-electron chi connectivity index (χ3n) is 4.07.